The molecule has 2 fully saturated rings. The third-order valence-electron chi connectivity index (χ3n) is 5.45. The first-order chi connectivity index (χ1) is 14.6. The molecule has 8 nitrogen and oxygen atoms in total. The normalized spacial score (nSPS) is 19.6. The second-order valence-electron chi connectivity index (χ2n) is 9.13. The molecule has 0 unspecified atom stereocenters. The average molecular weight is 435 g/mol. The molecule has 0 aromatic carbocycles. The first-order valence-electron chi connectivity index (χ1n) is 10.5. The summed E-state index contributed by atoms with van der Waals surface area (Å²) in [5.41, 5.74) is 0.591. The van der Waals surface area contributed by atoms with Crippen LogP contribution in [0.15, 0.2) is 22.9 Å². The molecule has 0 radical (unpaired) electrons. The third kappa shape index (κ3) is 5.11. The average Bonchev–Trinajstić information content (AvgIpc) is 3.34. The van der Waals surface area contributed by atoms with Crippen LogP contribution in [0.2, 0.25) is 0 Å². The molecule has 2 aromatic rings. The van der Waals surface area contributed by atoms with Crippen molar-refractivity contribution in [3.05, 3.63) is 24.2 Å². The largest absolute Gasteiger partial charge is 0.444 e. The number of alkyl halides is 2. The molecule has 0 atom stereocenters. The number of carbonyl (C=O) groups is 1. The zero-order valence-corrected chi connectivity index (χ0v) is 18.0. The van der Waals surface area contributed by atoms with Crippen molar-refractivity contribution in [1.82, 2.24) is 20.0 Å². The van der Waals surface area contributed by atoms with Crippen LogP contribution in [0, 0.1) is 0 Å². The number of aromatic nitrogens is 3. The van der Waals surface area contributed by atoms with E-state index in [4.69, 9.17) is 9.26 Å². The Kier molecular flexibility index (Phi) is 5.57. The molecular weight excluding hydrogens is 408 g/mol. The maximum atomic E-state index is 13.5. The van der Waals surface area contributed by atoms with Gasteiger partial charge in [-0.05, 0) is 45.7 Å². The standard InChI is InChI=1S/C21H27F2N5O3/c1-20(2,3)30-19(29)27-9-5-14(6-10-27)17-25-18(31-26-17)16-12-15(4-8-24-16)28-11-7-21(22,23)13-28/h4,8,12,14H,5-7,9-11,13H2,1-3H3. The van der Waals surface area contributed by atoms with E-state index in [2.05, 4.69) is 15.1 Å². The Morgan fingerprint density at radius 3 is 2.65 bits per heavy atom. The highest BCUT2D eigenvalue weighted by Gasteiger charge is 2.38. The summed E-state index contributed by atoms with van der Waals surface area (Å²) in [6.07, 6.45) is 2.50. The van der Waals surface area contributed by atoms with Crippen molar-refractivity contribution in [2.45, 2.75) is 57.5 Å². The van der Waals surface area contributed by atoms with Gasteiger partial charge in [-0.1, -0.05) is 5.16 Å². The lowest BCUT2D eigenvalue weighted by Crippen LogP contribution is -2.41. The number of nitrogens with zero attached hydrogens (tertiary/aromatic N) is 5. The summed E-state index contributed by atoms with van der Waals surface area (Å²) >= 11 is 0. The quantitative estimate of drug-likeness (QED) is 0.718. The molecule has 4 heterocycles. The number of hydrogen-bond donors (Lipinski definition) is 0. The van der Waals surface area contributed by atoms with E-state index in [1.54, 1.807) is 28.1 Å². The first kappa shape index (κ1) is 21.5. The van der Waals surface area contributed by atoms with Gasteiger partial charge in [-0.15, -0.1) is 0 Å². The van der Waals surface area contributed by atoms with Crippen molar-refractivity contribution in [3.8, 4) is 11.6 Å². The van der Waals surface area contributed by atoms with E-state index in [-0.39, 0.29) is 30.9 Å². The SMILES string of the molecule is CC(C)(C)OC(=O)N1CCC(c2noc(-c3cc(N4CCC(F)(F)C4)ccn3)n2)CC1. The van der Waals surface area contributed by atoms with E-state index in [0.717, 1.165) is 0 Å². The number of pyridine rings is 1. The van der Waals surface area contributed by atoms with E-state index >= 15 is 0 Å². The van der Waals surface area contributed by atoms with Crippen LogP contribution in [0.4, 0.5) is 19.3 Å². The van der Waals surface area contributed by atoms with Crippen molar-refractivity contribution >= 4 is 11.8 Å². The van der Waals surface area contributed by atoms with Crippen LogP contribution in [0.1, 0.15) is 51.8 Å². The zero-order valence-electron chi connectivity index (χ0n) is 18.0. The molecule has 2 saturated heterocycles. The number of hydrogen-bond acceptors (Lipinski definition) is 7. The highest BCUT2D eigenvalue weighted by molar-refractivity contribution is 5.68. The van der Waals surface area contributed by atoms with Crippen LogP contribution in [-0.4, -0.2) is 63.8 Å². The van der Waals surface area contributed by atoms with Gasteiger partial charge in [0.25, 0.3) is 11.8 Å². The van der Waals surface area contributed by atoms with Gasteiger partial charge in [0.1, 0.15) is 11.3 Å². The number of halogens is 2. The number of ether oxygens (including phenoxy) is 1. The predicted molar refractivity (Wildman–Crippen MR) is 109 cm³/mol. The van der Waals surface area contributed by atoms with Gasteiger partial charge in [-0.25, -0.2) is 13.6 Å². The molecular formula is C21H27F2N5O3. The third-order valence-corrected chi connectivity index (χ3v) is 5.45. The fourth-order valence-corrected chi connectivity index (χ4v) is 3.84. The smallest absolute Gasteiger partial charge is 0.410 e. The molecule has 168 valence electrons. The monoisotopic (exact) mass is 435 g/mol. The zero-order chi connectivity index (χ0) is 22.2. The Morgan fingerprint density at radius 1 is 1.26 bits per heavy atom. The molecule has 0 aliphatic carbocycles. The lowest BCUT2D eigenvalue weighted by Gasteiger charge is -2.32. The molecule has 0 saturated carbocycles. The van der Waals surface area contributed by atoms with Gasteiger partial charge >= 0.3 is 6.09 Å². The minimum absolute atomic E-state index is 0.0663. The van der Waals surface area contributed by atoms with Gasteiger partial charge in [0.05, 0.1) is 6.54 Å². The highest BCUT2D eigenvalue weighted by Crippen LogP contribution is 2.33. The molecule has 4 rings (SSSR count). The van der Waals surface area contributed by atoms with Crippen LogP contribution in [0.3, 0.4) is 0 Å². The summed E-state index contributed by atoms with van der Waals surface area (Å²) in [6.45, 7) is 6.63. The lowest BCUT2D eigenvalue weighted by atomic mass is 9.96. The molecule has 2 aliphatic heterocycles. The molecule has 0 N–H and O–H groups in total. The van der Waals surface area contributed by atoms with E-state index in [1.807, 2.05) is 20.8 Å². The van der Waals surface area contributed by atoms with Gasteiger partial charge in [-0.2, -0.15) is 4.98 Å². The van der Waals surface area contributed by atoms with Crippen molar-refractivity contribution < 1.29 is 22.8 Å². The summed E-state index contributed by atoms with van der Waals surface area (Å²) in [7, 11) is 0. The van der Waals surface area contributed by atoms with Crippen molar-refractivity contribution in [2.24, 2.45) is 0 Å². The highest BCUT2D eigenvalue weighted by atomic mass is 19.3. The number of amides is 1. The Balaban J connectivity index is 1.39. The van der Waals surface area contributed by atoms with Crippen LogP contribution in [0.5, 0.6) is 0 Å². The molecule has 1 amide bonds. The second kappa shape index (κ2) is 8.05. The fourth-order valence-electron chi connectivity index (χ4n) is 3.84. The number of likely N-dealkylation sites (tertiary alicyclic amines) is 1. The van der Waals surface area contributed by atoms with Gasteiger partial charge in [0.2, 0.25) is 0 Å². The molecule has 2 aliphatic rings. The molecule has 10 heteroatoms. The summed E-state index contributed by atoms with van der Waals surface area (Å²) in [6, 6.07) is 3.40. The van der Waals surface area contributed by atoms with E-state index in [0.29, 0.717) is 49.7 Å². The maximum absolute atomic E-state index is 13.5. The van der Waals surface area contributed by atoms with Crippen molar-refractivity contribution in [3.63, 3.8) is 0 Å². The topological polar surface area (TPSA) is 84.6 Å². The van der Waals surface area contributed by atoms with Crippen molar-refractivity contribution in [1.29, 1.82) is 0 Å². The summed E-state index contributed by atoms with van der Waals surface area (Å²) in [5.74, 6) is -1.78. The molecule has 0 spiro atoms. The molecule has 31 heavy (non-hydrogen) atoms. The lowest BCUT2D eigenvalue weighted by molar-refractivity contribution is 0.0201. The number of rotatable bonds is 3. The number of carbonyl (C=O) groups excluding carboxylic acids is 1. The van der Waals surface area contributed by atoms with E-state index in [1.165, 1.54) is 0 Å². The Morgan fingerprint density at radius 2 is 2.00 bits per heavy atom. The Bertz CT molecular complexity index is 935. The Labute approximate surface area is 179 Å². The predicted octanol–water partition coefficient (Wildman–Crippen LogP) is 4.09. The Hall–Kier alpha value is -2.78. The summed E-state index contributed by atoms with van der Waals surface area (Å²) in [5, 5.41) is 4.10. The number of piperidine rings is 1. The maximum Gasteiger partial charge on any atom is 0.410 e. The minimum Gasteiger partial charge on any atom is -0.444 e. The number of anilines is 1. The fraction of sp³-hybridized carbons (Fsp3) is 0.619. The second-order valence-corrected chi connectivity index (χ2v) is 9.13. The minimum atomic E-state index is -2.67. The molecule has 0 bridgehead atoms. The van der Waals surface area contributed by atoms with Gasteiger partial charge in [0, 0.05) is 43.9 Å². The van der Waals surface area contributed by atoms with Crippen LogP contribution in [-0.2, 0) is 4.74 Å². The van der Waals surface area contributed by atoms with Gasteiger partial charge in [-0.3, -0.25) is 4.98 Å². The first-order valence-corrected chi connectivity index (χ1v) is 10.5. The van der Waals surface area contributed by atoms with Crippen LogP contribution in [0.25, 0.3) is 11.6 Å². The van der Waals surface area contributed by atoms with Crippen LogP contribution >= 0.6 is 0 Å². The van der Waals surface area contributed by atoms with E-state index in [9.17, 15) is 13.6 Å². The summed E-state index contributed by atoms with van der Waals surface area (Å²) in [4.78, 5) is 24.3. The van der Waals surface area contributed by atoms with Gasteiger partial charge in [0.15, 0.2) is 5.82 Å². The van der Waals surface area contributed by atoms with Crippen LogP contribution < -0.4 is 4.90 Å². The molecule has 2 aromatic heterocycles. The van der Waals surface area contributed by atoms with Crippen molar-refractivity contribution in [2.75, 3.05) is 31.1 Å². The van der Waals surface area contributed by atoms with E-state index < -0.39 is 11.5 Å². The van der Waals surface area contributed by atoms with Gasteiger partial charge < -0.3 is 19.1 Å². The summed E-state index contributed by atoms with van der Waals surface area (Å²) < 4.78 is 37.9.